The average Bonchev–Trinajstić information content (AvgIpc) is 3.67. The summed E-state index contributed by atoms with van der Waals surface area (Å²) in [5.74, 6) is 0. The minimum atomic E-state index is 0.887. The predicted octanol–water partition coefficient (Wildman–Crippen LogP) is 11.0. The molecule has 10 rings (SSSR count). The number of hydrogen-bond acceptors (Lipinski definition) is 4. The Morgan fingerprint density at radius 1 is 0.500 bits per heavy atom. The van der Waals surface area contributed by atoms with Gasteiger partial charge in [-0.1, -0.05) is 127 Å². The molecule has 0 amide bonds. The Balaban J connectivity index is 1.30. The van der Waals surface area contributed by atoms with E-state index in [0.29, 0.717) is 0 Å². The van der Waals surface area contributed by atoms with Crippen LogP contribution in [-0.4, -0.2) is 19.4 Å². The number of aromatic nitrogens is 4. The number of rotatable bonds is 3. The van der Waals surface area contributed by atoms with Gasteiger partial charge in [-0.15, -0.1) is 0 Å². The molecule has 0 unspecified atom stereocenters. The van der Waals surface area contributed by atoms with Gasteiger partial charge in [0.1, 0.15) is 5.52 Å². The second-order valence-electron chi connectivity index (χ2n) is 11.6. The van der Waals surface area contributed by atoms with Crippen LogP contribution in [-0.2, 0) is 0 Å². The van der Waals surface area contributed by atoms with Gasteiger partial charge < -0.3 is 0 Å². The lowest BCUT2D eigenvalue weighted by atomic mass is 9.86. The van der Waals surface area contributed by atoms with Crippen LogP contribution in [0.2, 0.25) is 0 Å². The Labute approximate surface area is 267 Å². The topological polar surface area (TPSA) is 43.1 Å². The van der Waals surface area contributed by atoms with Gasteiger partial charge >= 0.3 is 0 Å². The molecule has 0 bridgehead atoms. The summed E-state index contributed by atoms with van der Waals surface area (Å²) in [6, 6.07) is 47.4. The van der Waals surface area contributed by atoms with Crippen LogP contribution in [0.5, 0.6) is 0 Å². The normalized spacial score (nSPS) is 11.9. The molecule has 5 heteroatoms. The lowest BCUT2D eigenvalue weighted by Crippen LogP contribution is -1.92. The highest BCUT2D eigenvalue weighted by Gasteiger charge is 2.20. The van der Waals surface area contributed by atoms with E-state index in [1.165, 1.54) is 42.9 Å². The predicted molar refractivity (Wildman–Crippen MR) is 192 cm³/mol. The van der Waals surface area contributed by atoms with Gasteiger partial charge in [0, 0.05) is 34.3 Å². The van der Waals surface area contributed by atoms with Gasteiger partial charge in [0.2, 0.25) is 0 Å². The second-order valence-corrected chi connectivity index (χ2v) is 12.7. The monoisotopic (exact) mass is 604 g/mol. The Bertz CT molecular complexity index is 2740. The SMILES string of the molecule is c1ccc(-c2nc3c(nc4sc5ccc(-c6c7ccccc7c(-c7cccnc7)c7ccccc67)cc5n43)c3ccccc23)cc1. The molecule has 0 radical (unpaired) electrons. The van der Waals surface area contributed by atoms with Gasteiger partial charge in [-0.3, -0.25) is 9.38 Å². The van der Waals surface area contributed by atoms with Crippen LogP contribution in [0, 0.1) is 0 Å². The van der Waals surface area contributed by atoms with Crippen LogP contribution < -0.4 is 0 Å². The van der Waals surface area contributed by atoms with Crippen molar-refractivity contribution in [2.45, 2.75) is 0 Å². The third-order valence-corrected chi connectivity index (χ3v) is 10.1. The Kier molecular flexibility index (Phi) is 5.41. The zero-order chi connectivity index (χ0) is 30.2. The largest absolute Gasteiger partial charge is 0.267 e. The smallest absolute Gasteiger partial charge is 0.197 e. The molecule has 0 aliphatic carbocycles. The molecule has 46 heavy (non-hydrogen) atoms. The van der Waals surface area contributed by atoms with Crippen molar-refractivity contribution in [1.29, 1.82) is 0 Å². The number of hydrogen-bond donors (Lipinski definition) is 0. The van der Waals surface area contributed by atoms with E-state index in [2.05, 4.69) is 131 Å². The number of thiazole rings is 1. The molecule has 0 atom stereocenters. The molecule has 4 nitrogen and oxygen atoms in total. The first kappa shape index (κ1) is 25.4. The van der Waals surface area contributed by atoms with Crippen molar-refractivity contribution in [3.8, 4) is 33.5 Å². The molecule has 6 aromatic carbocycles. The van der Waals surface area contributed by atoms with Crippen LogP contribution in [0.25, 0.3) is 92.2 Å². The molecule has 4 aromatic heterocycles. The first-order chi connectivity index (χ1) is 22.8. The van der Waals surface area contributed by atoms with Gasteiger partial charge in [0.25, 0.3) is 0 Å². The zero-order valence-electron chi connectivity index (χ0n) is 24.6. The summed E-state index contributed by atoms with van der Waals surface area (Å²) in [4.78, 5) is 15.9. The summed E-state index contributed by atoms with van der Waals surface area (Å²) in [6.07, 6.45) is 3.80. The molecule has 4 heterocycles. The highest BCUT2D eigenvalue weighted by atomic mass is 32.1. The number of imidazole rings is 1. The Morgan fingerprint density at radius 2 is 1.11 bits per heavy atom. The first-order valence-electron chi connectivity index (χ1n) is 15.4. The molecular formula is C41H24N4S. The van der Waals surface area contributed by atoms with E-state index in [1.807, 2.05) is 24.5 Å². The van der Waals surface area contributed by atoms with Crippen molar-refractivity contribution in [3.05, 3.63) is 146 Å². The molecule has 0 saturated carbocycles. The number of benzene rings is 6. The quantitative estimate of drug-likeness (QED) is 0.188. The molecule has 0 N–H and O–H groups in total. The third-order valence-electron chi connectivity index (χ3n) is 9.10. The highest BCUT2D eigenvalue weighted by Crippen LogP contribution is 2.45. The molecule has 0 aliphatic rings. The molecular weight excluding hydrogens is 581 g/mol. The minimum Gasteiger partial charge on any atom is -0.267 e. The van der Waals surface area contributed by atoms with E-state index in [1.54, 1.807) is 11.3 Å². The lowest BCUT2D eigenvalue weighted by Gasteiger charge is -2.17. The Morgan fingerprint density at radius 3 is 1.78 bits per heavy atom. The van der Waals surface area contributed by atoms with Crippen LogP contribution >= 0.6 is 11.3 Å². The van der Waals surface area contributed by atoms with Gasteiger partial charge in [0.05, 0.1) is 15.9 Å². The Hall–Kier alpha value is -5.91. The summed E-state index contributed by atoms with van der Waals surface area (Å²) in [7, 11) is 0. The van der Waals surface area contributed by atoms with Crippen molar-refractivity contribution in [2.75, 3.05) is 0 Å². The maximum Gasteiger partial charge on any atom is 0.197 e. The molecule has 0 aliphatic heterocycles. The van der Waals surface area contributed by atoms with Crippen LogP contribution in [0.4, 0.5) is 0 Å². The fourth-order valence-electron chi connectivity index (χ4n) is 7.13. The third kappa shape index (κ3) is 3.63. The van der Waals surface area contributed by atoms with Crippen LogP contribution in [0.3, 0.4) is 0 Å². The summed E-state index contributed by atoms with van der Waals surface area (Å²) >= 11 is 1.71. The summed E-state index contributed by atoms with van der Waals surface area (Å²) in [5.41, 5.74) is 9.75. The van der Waals surface area contributed by atoms with Crippen molar-refractivity contribution in [2.24, 2.45) is 0 Å². The molecule has 0 spiro atoms. The fourth-order valence-corrected chi connectivity index (χ4v) is 8.13. The van der Waals surface area contributed by atoms with E-state index in [4.69, 9.17) is 9.97 Å². The van der Waals surface area contributed by atoms with Crippen molar-refractivity contribution in [1.82, 2.24) is 19.4 Å². The zero-order valence-corrected chi connectivity index (χ0v) is 25.4. The van der Waals surface area contributed by atoms with Gasteiger partial charge in [-0.25, -0.2) is 9.97 Å². The van der Waals surface area contributed by atoms with E-state index in [0.717, 1.165) is 49.2 Å². The van der Waals surface area contributed by atoms with Crippen LogP contribution in [0.15, 0.2) is 146 Å². The van der Waals surface area contributed by atoms with Gasteiger partial charge in [0.15, 0.2) is 10.6 Å². The second kappa shape index (κ2) is 9.80. The lowest BCUT2D eigenvalue weighted by molar-refractivity contribution is 1.27. The maximum atomic E-state index is 5.33. The minimum absolute atomic E-state index is 0.887. The maximum absolute atomic E-state index is 5.33. The molecule has 214 valence electrons. The van der Waals surface area contributed by atoms with Gasteiger partial charge in [-0.05, 0) is 56.4 Å². The van der Waals surface area contributed by atoms with E-state index in [-0.39, 0.29) is 0 Å². The van der Waals surface area contributed by atoms with Crippen molar-refractivity contribution in [3.63, 3.8) is 0 Å². The first-order valence-corrected chi connectivity index (χ1v) is 16.2. The van der Waals surface area contributed by atoms with Gasteiger partial charge in [-0.2, -0.15) is 0 Å². The average molecular weight is 605 g/mol. The summed E-state index contributed by atoms with van der Waals surface area (Å²) < 4.78 is 3.44. The molecule has 10 aromatic rings. The van der Waals surface area contributed by atoms with Crippen molar-refractivity contribution < 1.29 is 0 Å². The fraction of sp³-hybridized carbons (Fsp3) is 0. The van der Waals surface area contributed by atoms with Crippen molar-refractivity contribution >= 4 is 70.0 Å². The summed E-state index contributed by atoms with van der Waals surface area (Å²) in [6.45, 7) is 0. The summed E-state index contributed by atoms with van der Waals surface area (Å²) in [5, 5.41) is 7.11. The number of pyridine rings is 2. The number of nitrogens with zero attached hydrogens (tertiary/aromatic N) is 4. The standard InChI is InChI=1S/C41H24N4S/c1-2-11-25(12-3-1)38-32-18-8-9-19-33(32)39-40(43-38)45-34-23-26(20-21-35(34)46-41(45)44-39)36-28-14-4-6-16-30(28)37(27-13-10-22-42-24-27)31-17-7-5-15-29(31)36/h1-24H. The molecule has 0 saturated heterocycles. The molecule has 0 fully saturated rings. The van der Waals surface area contributed by atoms with Crippen LogP contribution in [0.1, 0.15) is 0 Å². The van der Waals surface area contributed by atoms with E-state index < -0.39 is 0 Å². The van der Waals surface area contributed by atoms with E-state index in [9.17, 15) is 0 Å². The van der Waals surface area contributed by atoms with E-state index >= 15 is 0 Å². The highest BCUT2D eigenvalue weighted by molar-refractivity contribution is 7.23. The number of fused-ring (bicyclic) bond motifs is 9.